The Hall–Kier alpha value is -2.50. The Balaban J connectivity index is 1.34. The van der Waals surface area contributed by atoms with E-state index in [4.69, 9.17) is 21.1 Å². The molecule has 1 heterocycles. The number of esters is 1. The number of aryl methyl sites for hydroxylation is 1. The molecular formula is C32H38ClNO4. The second-order valence-electron chi connectivity index (χ2n) is 11.8. The Morgan fingerprint density at radius 3 is 2.87 bits per heavy atom. The molecule has 2 aromatic rings. The lowest BCUT2D eigenvalue weighted by Crippen LogP contribution is -2.50. The second-order valence-corrected chi connectivity index (χ2v) is 12.2. The maximum absolute atomic E-state index is 12.5. The average molecular weight is 536 g/mol. The molecule has 38 heavy (non-hydrogen) atoms. The van der Waals surface area contributed by atoms with Crippen LogP contribution >= 0.6 is 11.6 Å². The number of halogens is 1. The zero-order valence-electron chi connectivity index (χ0n) is 22.2. The van der Waals surface area contributed by atoms with Crippen molar-refractivity contribution in [1.82, 2.24) is 0 Å². The number of anilines is 1. The largest absolute Gasteiger partial charge is 0.490 e. The molecule has 4 aliphatic rings. The highest BCUT2D eigenvalue weighted by Gasteiger charge is 2.45. The molecule has 0 bridgehead atoms. The zero-order chi connectivity index (χ0) is 26.3. The van der Waals surface area contributed by atoms with Crippen LogP contribution in [-0.2, 0) is 16.6 Å². The van der Waals surface area contributed by atoms with E-state index in [1.165, 1.54) is 18.2 Å². The maximum atomic E-state index is 12.5. The highest BCUT2D eigenvalue weighted by molar-refractivity contribution is 6.30. The molecule has 0 radical (unpaired) electrons. The van der Waals surface area contributed by atoms with E-state index in [-0.39, 0.29) is 23.4 Å². The molecular weight excluding hydrogens is 498 g/mol. The third-order valence-electron chi connectivity index (χ3n) is 9.56. The minimum atomic E-state index is -0.342. The lowest BCUT2D eigenvalue weighted by atomic mass is 9.66. The summed E-state index contributed by atoms with van der Waals surface area (Å²) in [6.07, 6.45) is 12.9. The molecule has 5 nitrogen and oxygen atoms in total. The number of ether oxygens (including phenoxy) is 2. The van der Waals surface area contributed by atoms with E-state index >= 15 is 0 Å². The van der Waals surface area contributed by atoms with E-state index in [0.717, 1.165) is 80.9 Å². The molecule has 0 amide bonds. The molecule has 6 rings (SSSR count). The first-order valence-corrected chi connectivity index (χ1v) is 14.6. The van der Waals surface area contributed by atoms with Gasteiger partial charge < -0.3 is 19.5 Å². The van der Waals surface area contributed by atoms with Gasteiger partial charge in [0.2, 0.25) is 0 Å². The molecule has 1 saturated carbocycles. The van der Waals surface area contributed by atoms with Gasteiger partial charge in [-0.25, -0.2) is 4.79 Å². The second kappa shape index (κ2) is 10.6. The van der Waals surface area contributed by atoms with Gasteiger partial charge in [0.1, 0.15) is 5.75 Å². The number of carbonyl (C=O) groups is 1. The molecule has 0 aromatic heterocycles. The third kappa shape index (κ3) is 4.73. The van der Waals surface area contributed by atoms with Gasteiger partial charge >= 0.3 is 5.97 Å². The van der Waals surface area contributed by atoms with Crippen molar-refractivity contribution in [3.63, 3.8) is 0 Å². The normalized spacial score (nSPS) is 28.9. The number of rotatable bonds is 5. The number of aliphatic hydroxyl groups is 1. The summed E-state index contributed by atoms with van der Waals surface area (Å²) in [6.45, 7) is 2.23. The lowest BCUT2D eigenvalue weighted by Gasteiger charge is -2.46. The molecule has 6 heteroatoms. The number of methoxy groups -OCH3 is 1. The van der Waals surface area contributed by atoms with Gasteiger partial charge in [-0.2, -0.15) is 0 Å². The van der Waals surface area contributed by atoms with Crippen molar-refractivity contribution in [1.29, 1.82) is 0 Å². The summed E-state index contributed by atoms with van der Waals surface area (Å²) in [4.78, 5) is 14.9. The van der Waals surface area contributed by atoms with Crippen molar-refractivity contribution in [2.45, 2.75) is 62.9 Å². The molecule has 202 valence electrons. The highest BCUT2D eigenvalue weighted by atomic mass is 35.5. The summed E-state index contributed by atoms with van der Waals surface area (Å²) in [6, 6.07) is 12.0. The van der Waals surface area contributed by atoms with Crippen LogP contribution in [0.4, 0.5) is 5.69 Å². The predicted octanol–water partition coefficient (Wildman–Crippen LogP) is 6.34. The minimum absolute atomic E-state index is 0.160. The molecule has 1 spiro atoms. The molecule has 1 unspecified atom stereocenters. The van der Waals surface area contributed by atoms with E-state index in [1.807, 2.05) is 18.2 Å². The summed E-state index contributed by atoms with van der Waals surface area (Å²) in [5.74, 6) is 1.43. The minimum Gasteiger partial charge on any atom is -0.490 e. The van der Waals surface area contributed by atoms with Crippen LogP contribution < -0.4 is 9.64 Å². The van der Waals surface area contributed by atoms with Gasteiger partial charge in [-0.05, 0) is 105 Å². The fourth-order valence-corrected chi connectivity index (χ4v) is 7.55. The zero-order valence-corrected chi connectivity index (χ0v) is 23.0. The SMILES string of the molecule is COC(=O)c1ccc2c(c1)N(C[C@@H]1CC[C@H]1C(O)[C@@H]1C=CCCC1)C[C@@]1(CCCc3cc(Cl)ccc31)CO2. The van der Waals surface area contributed by atoms with Crippen molar-refractivity contribution in [2.24, 2.45) is 17.8 Å². The van der Waals surface area contributed by atoms with E-state index in [9.17, 15) is 9.90 Å². The van der Waals surface area contributed by atoms with Crippen molar-refractivity contribution in [3.05, 3.63) is 70.3 Å². The molecule has 0 saturated heterocycles. The van der Waals surface area contributed by atoms with Crippen LogP contribution in [0.1, 0.15) is 66.4 Å². The molecule has 2 aromatic carbocycles. The summed E-state index contributed by atoms with van der Waals surface area (Å²) in [7, 11) is 1.42. The number of nitrogens with zero attached hydrogens (tertiary/aromatic N) is 1. The number of carbonyl (C=O) groups excluding carboxylic acids is 1. The number of allylic oxidation sites excluding steroid dienone is 1. The van der Waals surface area contributed by atoms with Gasteiger partial charge in [-0.1, -0.05) is 29.8 Å². The predicted molar refractivity (Wildman–Crippen MR) is 150 cm³/mol. The highest BCUT2D eigenvalue weighted by Crippen LogP contribution is 2.47. The first-order chi connectivity index (χ1) is 18.5. The quantitative estimate of drug-likeness (QED) is 0.357. The van der Waals surface area contributed by atoms with Crippen LogP contribution in [0.5, 0.6) is 5.75 Å². The number of aliphatic hydroxyl groups excluding tert-OH is 1. The first kappa shape index (κ1) is 25.8. The van der Waals surface area contributed by atoms with E-state index in [0.29, 0.717) is 24.0 Å². The van der Waals surface area contributed by atoms with Gasteiger partial charge in [0.05, 0.1) is 31.1 Å². The fourth-order valence-electron chi connectivity index (χ4n) is 7.35. The van der Waals surface area contributed by atoms with Crippen LogP contribution in [0.25, 0.3) is 0 Å². The molecule has 5 atom stereocenters. The number of hydrogen-bond acceptors (Lipinski definition) is 5. The number of fused-ring (bicyclic) bond motifs is 3. The molecule has 3 aliphatic carbocycles. The van der Waals surface area contributed by atoms with Crippen molar-refractivity contribution >= 4 is 23.3 Å². The summed E-state index contributed by atoms with van der Waals surface area (Å²) >= 11 is 6.39. The Bertz CT molecular complexity index is 1230. The number of hydrogen-bond donors (Lipinski definition) is 1. The Morgan fingerprint density at radius 1 is 1.21 bits per heavy atom. The standard InChI is InChI=1S/C32H38ClNO4/c1-37-31(36)23-10-14-29-28(17-23)34(18-24-9-12-26(24)30(35)21-6-3-2-4-7-21)19-32(20-38-29)15-5-8-22-16-25(33)11-13-27(22)32/h3,6,10-11,13-14,16-17,21,24,26,30,35H,2,4-5,7-9,12,15,18-20H2,1H3/t21-,24+,26-,30?,32+/m1/s1. The van der Waals surface area contributed by atoms with Crippen LogP contribution in [0.15, 0.2) is 48.6 Å². The van der Waals surface area contributed by atoms with Crippen LogP contribution in [0.2, 0.25) is 5.02 Å². The van der Waals surface area contributed by atoms with Crippen LogP contribution in [0, 0.1) is 17.8 Å². The summed E-state index contributed by atoms with van der Waals surface area (Å²) in [5, 5.41) is 12.1. The van der Waals surface area contributed by atoms with Gasteiger partial charge in [0, 0.05) is 29.4 Å². The monoisotopic (exact) mass is 535 g/mol. The topological polar surface area (TPSA) is 59.0 Å². The van der Waals surface area contributed by atoms with E-state index in [2.05, 4.69) is 29.2 Å². The van der Waals surface area contributed by atoms with Crippen LogP contribution in [-0.4, -0.2) is 44.0 Å². The molecule has 1 aliphatic heterocycles. The van der Waals surface area contributed by atoms with Crippen molar-refractivity contribution < 1.29 is 19.4 Å². The van der Waals surface area contributed by atoms with Crippen LogP contribution in [0.3, 0.4) is 0 Å². The molecule has 1 N–H and O–H groups in total. The average Bonchev–Trinajstić information content (AvgIpc) is 3.08. The summed E-state index contributed by atoms with van der Waals surface area (Å²) < 4.78 is 11.6. The lowest BCUT2D eigenvalue weighted by molar-refractivity contribution is -0.0131. The van der Waals surface area contributed by atoms with Gasteiger partial charge in [0.15, 0.2) is 0 Å². The molecule has 1 fully saturated rings. The van der Waals surface area contributed by atoms with Gasteiger partial charge in [-0.15, -0.1) is 0 Å². The Kier molecular flexibility index (Phi) is 7.17. The Labute approximate surface area is 230 Å². The van der Waals surface area contributed by atoms with Gasteiger partial charge in [-0.3, -0.25) is 0 Å². The number of benzene rings is 2. The smallest absolute Gasteiger partial charge is 0.337 e. The van der Waals surface area contributed by atoms with Crippen molar-refractivity contribution in [2.75, 3.05) is 31.7 Å². The van der Waals surface area contributed by atoms with E-state index < -0.39 is 0 Å². The fraction of sp³-hybridized carbons (Fsp3) is 0.531. The maximum Gasteiger partial charge on any atom is 0.337 e. The van der Waals surface area contributed by atoms with Crippen molar-refractivity contribution in [3.8, 4) is 5.75 Å². The first-order valence-electron chi connectivity index (χ1n) is 14.2. The Morgan fingerprint density at radius 2 is 2.11 bits per heavy atom. The summed E-state index contributed by atoms with van der Waals surface area (Å²) in [5.41, 5.74) is 3.96. The van der Waals surface area contributed by atoms with E-state index in [1.54, 1.807) is 6.07 Å². The van der Waals surface area contributed by atoms with Gasteiger partial charge in [0.25, 0.3) is 0 Å². The third-order valence-corrected chi connectivity index (χ3v) is 9.79.